The lowest BCUT2D eigenvalue weighted by Gasteiger charge is -2.20. The maximum absolute atomic E-state index is 13.4. The summed E-state index contributed by atoms with van der Waals surface area (Å²) in [5.41, 5.74) is 3.64. The van der Waals surface area contributed by atoms with Gasteiger partial charge in [-0.3, -0.25) is 14.4 Å². The Hall–Kier alpha value is -3.24. The molecule has 0 aliphatic rings. The number of fused-ring (bicyclic) bond motifs is 1. The first-order valence-electron chi connectivity index (χ1n) is 12.3. The van der Waals surface area contributed by atoms with Gasteiger partial charge in [0.1, 0.15) is 11.3 Å². The summed E-state index contributed by atoms with van der Waals surface area (Å²) in [5, 5.41) is 5.08. The van der Waals surface area contributed by atoms with E-state index in [-0.39, 0.29) is 29.4 Å². The molecule has 0 spiro atoms. The molecular formula is C27H32N4O4S2. The van der Waals surface area contributed by atoms with Crippen molar-refractivity contribution < 1.29 is 17.9 Å². The monoisotopic (exact) mass is 540 g/mol. The van der Waals surface area contributed by atoms with Crippen LogP contribution in [0.15, 0.2) is 53.4 Å². The third-order valence-corrected chi connectivity index (χ3v) is 8.89. The van der Waals surface area contributed by atoms with Gasteiger partial charge in [-0.2, -0.15) is 5.10 Å². The van der Waals surface area contributed by atoms with Crippen molar-refractivity contribution in [1.29, 1.82) is 0 Å². The number of thiazole rings is 1. The fraction of sp³-hybridized carbons (Fsp3) is 0.370. The molecule has 37 heavy (non-hydrogen) atoms. The van der Waals surface area contributed by atoms with E-state index in [0.717, 1.165) is 27.2 Å². The lowest BCUT2D eigenvalue weighted by Crippen LogP contribution is -2.34. The largest absolute Gasteiger partial charge is 0.492 e. The number of carbonyl (C=O) groups is 1. The predicted molar refractivity (Wildman–Crippen MR) is 147 cm³/mol. The van der Waals surface area contributed by atoms with Crippen LogP contribution in [-0.2, 0) is 21.2 Å². The number of anilines is 1. The lowest BCUT2D eigenvalue weighted by molar-refractivity contribution is -0.118. The van der Waals surface area contributed by atoms with E-state index in [1.807, 2.05) is 56.6 Å². The van der Waals surface area contributed by atoms with Crippen molar-refractivity contribution in [3.63, 3.8) is 0 Å². The van der Waals surface area contributed by atoms with Gasteiger partial charge >= 0.3 is 0 Å². The second kappa shape index (κ2) is 11.4. The maximum atomic E-state index is 13.4. The van der Waals surface area contributed by atoms with E-state index in [9.17, 15) is 13.2 Å². The van der Waals surface area contributed by atoms with Crippen LogP contribution in [0.3, 0.4) is 0 Å². The molecule has 0 bridgehead atoms. The molecule has 196 valence electrons. The van der Waals surface area contributed by atoms with Crippen LogP contribution >= 0.6 is 11.3 Å². The molecule has 8 nitrogen and oxygen atoms in total. The third kappa shape index (κ3) is 6.37. The quantitative estimate of drug-likeness (QED) is 0.263. The maximum Gasteiger partial charge on any atom is 0.228 e. The van der Waals surface area contributed by atoms with Gasteiger partial charge in [0, 0.05) is 18.7 Å². The number of ether oxygens (including phenoxy) is 1. The number of aryl methyl sites for hydroxylation is 3. The number of sulfone groups is 1. The summed E-state index contributed by atoms with van der Waals surface area (Å²) in [7, 11) is -3.47. The van der Waals surface area contributed by atoms with Gasteiger partial charge < -0.3 is 4.74 Å². The zero-order valence-electron chi connectivity index (χ0n) is 21.6. The summed E-state index contributed by atoms with van der Waals surface area (Å²) in [6.45, 7) is 9.13. The fourth-order valence-electron chi connectivity index (χ4n) is 4.13. The highest BCUT2D eigenvalue weighted by molar-refractivity contribution is 7.91. The van der Waals surface area contributed by atoms with E-state index in [1.165, 1.54) is 11.3 Å². The Labute approximate surface area is 221 Å². The molecule has 1 amide bonds. The number of nitrogens with zero attached hydrogens (tertiary/aromatic N) is 4. The van der Waals surface area contributed by atoms with Crippen LogP contribution < -0.4 is 9.64 Å². The van der Waals surface area contributed by atoms with Crippen LogP contribution in [0.4, 0.5) is 5.13 Å². The molecule has 2 aromatic heterocycles. The molecule has 2 aromatic carbocycles. The highest BCUT2D eigenvalue weighted by atomic mass is 32.2. The molecule has 2 heterocycles. The number of hydrogen-bond donors (Lipinski definition) is 0. The highest BCUT2D eigenvalue weighted by Gasteiger charge is 2.23. The summed E-state index contributed by atoms with van der Waals surface area (Å²) in [5.74, 6) is 0.414. The number of benzene rings is 2. The Balaban J connectivity index is 1.54. The van der Waals surface area contributed by atoms with Crippen LogP contribution in [0.1, 0.15) is 36.7 Å². The molecule has 0 saturated heterocycles. The van der Waals surface area contributed by atoms with E-state index >= 15 is 0 Å². The molecule has 0 saturated carbocycles. The average Bonchev–Trinajstić information content (AvgIpc) is 3.42. The van der Waals surface area contributed by atoms with E-state index in [0.29, 0.717) is 30.6 Å². The molecule has 0 atom stereocenters. The SMILES string of the molecule is CCOc1cccc2sc(N(CCn3nc(C)cc3C)C(=O)CCCS(=O)(=O)c3ccc(C)cc3)nc12. The fourth-order valence-corrected chi connectivity index (χ4v) is 6.47. The summed E-state index contributed by atoms with van der Waals surface area (Å²) in [6, 6.07) is 14.5. The summed E-state index contributed by atoms with van der Waals surface area (Å²) in [6.07, 6.45) is 0.316. The van der Waals surface area contributed by atoms with Crippen molar-refractivity contribution >= 4 is 42.4 Å². The molecule has 0 N–H and O–H groups in total. The number of hydrogen-bond acceptors (Lipinski definition) is 7. The van der Waals surface area contributed by atoms with Gasteiger partial charge in [0.2, 0.25) is 5.91 Å². The van der Waals surface area contributed by atoms with Crippen LogP contribution in [-0.4, -0.2) is 48.0 Å². The van der Waals surface area contributed by atoms with E-state index < -0.39 is 9.84 Å². The number of aromatic nitrogens is 3. The second-order valence-electron chi connectivity index (χ2n) is 8.96. The number of rotatable bonds is 11. The molecule has 0 fully saturated rings. The van der Waals surface area contributed by atoms with Gasteiger partial charge in [-0.1, -0.05) is 35.1 Å². The number of amides is 1. The Kier molecular flexibility index (Phi) is 8.29. The number of carbonyl (C=O) groups excluding carboxylic acids is 1. The zero-order valence-corrected chi connectivity index (χ0v) is 23.2. The van der Waals surface area contributed by atoms with Crippen LogP contribution in [0.2, 0.25) is 0 Å². The Morgan fingerprint density at radius 3 is 2.54 bits per heavy atom. The second-order valence-corrected chi connectivity index (χ2v) is 12.1. The first kappa shape index (κ1) is 26.8. The molecule has 0 aliphatic heterocycles. The summed E-state index contributed by atoms with van der Waals surface area (Å²) < 4.78 is 34.1. The molecule has 4 rings (SSSR count). The van der Waals surface area contributed by atoms with Crippen LogP contribution in [0.25, 0.3) is 10.2 Å². The topological polar surface area (TPSA) is 94.4 Å². The summed E-state index contributed by atoms with van der Waals surface area (Å²) >= 11 is 1.42. The van der Waals surface area contributed by atoms with E-state index in [4.69, 9.17) is 9.72 Å². The van der Waals surface area contributed by atoms with E-state index in [2.05, 4.69) is 5.10 Å². The minimum absolute atomic E-state index is 0.0937. The first-order chi connectivity index (χ1) is 17.7. The van der Waals surface area contributed by atoms with Gasteiger partial charge in [-0.05, 0) is 64.4 Å². The van der Waals surface area contributed by atoms with Gasteiger partial charge in [0.15, 0.2) is 15.0 Å². The molecule has 4 aromatic rings. The average molecular weight is 541 g/mol. The first-order valence-corrected chi connectivity index (χ1v) is 14.8. The number of para-hydroxylation sites is 1. The predicted octanol–water partition coefficient (Wildman–Crippen LogP) is 5.10. The van der Waals surface area contributed by atoms with Crippen molar-refractivity contribution in [1.82, 2.24) is 14.8 Å². The molecular weight excluding hydrogens is 508 g/mol. The summed E-state index contributed by atoms with van der Waals surface area (Å²) in [4.78, 5) is 20.1. The smallest absolute Gasteiger partial charge is 0.228 e. The Morgan fingerprint density at radius 2 is 1.86 bits per heavy atom. The van der Waals surface area contributed by atoms with Crippen LogP contribution in [0, 0.1) is 20.8 Å². The highest BCUT2D eigenvalue weighted by Crippen LogP contribution is 2.34. The molecule has 10 heteroatoms. The van der Waals surface area contributed by atoms with Gasteiger partial charge in [-0.25, -0.2) is 13.4 Å². The molecule has 0 unspecified atom stereocenters. The van der Waals surface area contributed by atoms with Gasteiger partial charge in [0.25, 0.3) is 0 Å². The van der Waals surface area contributed by atoms with Crippen molar-refractivity contribution in [2.45, 2.75) is 52.0 Å². The lowest BCUT2D eigenvalue weighted by atomic mass is 10.2. The van der Waals surface area contributed by atoms with Gasteiger partial charge in [0.05, 0.1) is 34.2 Å². The normalized spacial score (nSPS) is 11.7. The van der Waals surface area contributed by atoms with Crippen molar-refractivity contribution in [3.05, 3.63) is 65.5 Å². The Bertz CT molecular complexity index is 1490. The minimum Gasteiger partial charge on any atom is -0.492 e. The Morgan fingerprint density at radius 1 is 1.11 bits per heavy atom. The van der Waals surface area contributed by atoms with E-state index in [1.54, 1.807) is 29.2 Å². The molecule has 0 radical (unpaired) electrons. The zero-order chi connectivity index (χ0) is 26.6. The van der Waals surface area contributed by atoms with Crippen molar-refractivity contribution in [2.24, 2.45) is 0 Å². The minimum atomic E-state index is -3.47. The molecule has 0 aliphatic carbocycles. The van der Waals surface area contributed by atoms with Crippen LogP contribution in [0.5, 0.6) is 5.75 Å². The third-order valence-electron chi connectivity index (χ3n) is 6.03. The van der Waals surface area contributed by atoms with Crippen molar-refractivity contribution in [3.8, 4) is 5.75 Å². The standard InChI is InChI=1S/C27H32N4O4S2/c1-5-35-23-8-6-9-24-26(23)28-27(36-24)30(15-16-31-21(4)18-20(3)29-31)25(32)10-7-17-37(33,34)22-13-11-19(2)12-14-22/h6,8-9,11-14,18H,5,7,10,15-17H2,1-4H3. The van der Waals surface area contributed by atoms with Crippen molar-refractivity contribution in [2.75, 3.05) is 23.8 Å². The van der Waals surface area contributed by atoms with Gasteiger partial charge in [-0.15, -0.1) is 0 Å².